The van der Waals surface area contributed by atoms with Gasteiger partial charge >= 0.3 is 0 Å². The molecule has 5 heteroatoms. The van der Waals surface area contributed by atoms with Gasteiger partial charge in [-0.2, -0.15) is 5.10 Å². The smallest absolute Gasteiger partial charge is 0.122 e. The summed E-state index contributed by atoms with van der Waals surface area (Å²) >= 11 is 0. The maximum Gasteiger partial charge on any atom is 0.122 e. The predicted octanol–water partition coefficient (Wildman–Crippen LogP) is -0.290. The number of nitrogen functional groups attached to an aromatic ring is 1. The standard InChI is InChI=1S/C6H11N5/c1-4-2-6(9)11(10-4)3-5(7)8/h2H,3,9H2,1H3,(H3,7,8). The highest BCUT2D eigenvalue weighted by Gasteiger charge is 2.00. The topological polar surface area (TPSA) is 93.7 Å². The third kappa shape index (κ3) is 1.70. The third-order valence-corrected chi connectivity index (χ3v) is 1.25. The molecule has 0 saturated carbocycles. The predicted molar refractivity (Wildman–Crippen MR) is 43.3 cm³/mol. The van der Waals surface area contributed by atoms with Crippen LogP contribution in [0.25, 0.3) is 0 Å². The van der Waals surface area contributed by atoms with Crippen LogP contribution >= 0.6 is 0 Å². The van der Waals surface area contributed by atoms with E-state index in [1.54, 1.807) is 6.07 Å². The minimum Gasteiger partial charge on any atom is -0.386 e. The largest absolute Gasteiger partial charge is 0.386 e. The minimum absolute atomic E-state index is 0.0554. The van der Waals surface area contributed by atoms with Gasteiger partial charge < -0.3 is 11.5 Å². The Hall–Kier alpha value is -1.52. The first-order valence-corrected chi connectivity index (χ1v) is 3.22. The summed E-state index contributed by atoms with van der Waals surface area (Å²) in [6, 6.07) is 1.74. The first-order chi connectivity index (χ1) is 5.09. The quantitative estimate of drug-likeness (QED) is 0.402. The number of nitrogens with zero attached hydrogens (tertiary/aromatic N) is 2. The minimum atomic E-state index is 0.0554. The van der Waals surface area contributed by atoms with E-state index in [9.17, 15) is 0 Å². The first-order valence-electron chi connectivity index (χ1n) is 3.22. The molecule has 1 rings (SSSR count). The van der Waals surface area contributed by atoms with E-state index in [0.29, 0.717) is 5.82 Å². The zero-order chi connectivity index (χ0) is 8.43. The molecule has 0 aliphatic rings. The lowest BCUT2D eigenvalue weighted by Crippen LogP contribution is -2.19. The number of rotatable bonds is 2. The van der Waals surface area contributed by atoms with Crippen LogP contribution in [0.3, 0.4) is 0 Å². The molecule has 60 valence electrons. The Balaban J connectivity index is 2.85. The van der Waals surface area contributed by atoms with Crippen molar-refractivity contribution >= 4 is 11.7 Å². The lowest BCUT2D eigenvalue weighted by Gasteiger charge is -2.00. The number of nitrogens with two attached hydrogens (primary N) is 2. The van der Waals surface area contributed by atoms with Gasteiger partial charge in [-0.3, -0.25) is 5.41 Å². The molecule has 0 aromatic carbocycles. The molecule has 1 heterocycles. The second-order valence-electron chi connectivity index (χ2n) is 2.39. The Bertz CT molecular complexity index is 275. The van der Waals surface area contributed by atoms with Crippen molar-refractivity contribution in [3.63, 3.8) is 0 Å². The average molecular weight is 153 g/mol. The molecule has 0 radical (unpaired) electrons. The summed E-state index contributed by atoms with van der Waals surface area (Å²) in [7, 11) is 0. The van der Waals surface area contributed by atoms with E-state index < -0.39 is 0 Å². The van der Waals surface area contributed by atoms with E-state index in [-0.39, 0.29) is 12.4 Å². The van der Waals surface area contributed by atoms with Crippen molar-refractivity contribution in [1.82, 2.24) is 9.78 Å². The lowest BCUT2D eigenvalue weighted by molar-refractivity contribution is 0.719. The Morgan fingerprint density at radius 1 is 1.82 bits per heavy atom. The zero-order valence-electron chi connectivity index (χ0n) is 6.33. The highest BCUT2D eigenvalue weighted by molar-refractivity contribution is 5.76. The third-order valence-electron chi connectivity index (χ3n) is 1.25. The van der Waals surface area contributed by atoms with Crippen LogP contribution in [0.5, 0.6) is 0 Å². The molecule has 0 amide bonds. The molecule has 0 unspecified atom stereocenters. The molecule has 0 spiro atoms. The van der Waals surface area contributed by atoms with Crippen LogP contribution in [-0.4, -0.2) is 15.6 Å². The zero-order valence-corrected chi connectivity index (χ0v) is 6.33. The second kappa shape index (κ2) is 2.61. The first kappa shape index (κ1) is 7.59. The van der Waals surface area contributed by atoms with Crippen molar-refractivity contribution in [2.75, 3.05) is 5.73 Å². The van der Waals surface area contributed by atoms with Crippen molar-refractivity contribution in [1.29, 1.82) is 5.41 Å². The van der Waals surface area contributed by atoms with Crippen LogP contribution in [0.2, 0.25) is 0 Å². The van der Waals surface area contributed by atoms with Crippen LogP contribution in [0, 0.1) is 12.3 Å². The van der Waals surface area contributed by atoms with Crippen molar-refractivity contribution in [2.24, 2.45) is 5.73 Å². The van der Waals surface area contributed by atoms with Crippen molar-refractivity contribution in [3.8, 4) is 0 Å². The average Bonchev–Trinajstić information content (AvgIpc) is 2.09. The molecular weight excluding hydrogens is 142 g/mol. The number of nitrogens with one attached hydrogen (secondary N) is 1. The molecule has 11 heavy (non-hydrogen) atoms. The van der Waals surface area contributed by atoms with Gasteiger partial charge in [0.15, 0.2) is 0 Å². The fraction of sp³-hybridized carbons (Fsp3) is 0.333. The summed E-state index contributed by atoms with van der Waals surface area (Å²) in [4.78, 5) is 0. The van der Waals surface area contributed by atoms with Crippen LogP contribution in [0.15, 0.2) is 6.07 Å². The molecule has 5 nitrogen and oxygen atoms in total. The van der Waals surface area contributed by atoms with Crippen molar-refractivity contribution < 1.29 is 0 Å². The molecule has 5 N–H and O–H groups in total. The summed E-state index contributed by atoms with van der Waals surface area (Å²) in [6.45, 7) is 2.10. The molecule has 1 aromatic heterocycles. The highest BCUT2D eigenvalue weighted by atomic mass is 15.3. The Morgan fingerprint density at radius 3 is 2.82 bits per heavy atom. The maximum absolute atomic E-state index is 7.00. The summed E-state index contributed by atoms with van der Waals surface area (Å²) in [5.74, 6) is 0.595. The Labute approximate surface area is 64.5 Å². The molecular formula is C6H11N5. The normalized spacial score (nSPS) is 9.91. The monoisotopic (exact) mass is 153 g/mol. The Morgan fingerprint density at radius 2 is 2.45 bits per heavy atom. The van der Waals surface area contributed by atoms with Gasteiger partial charge in [0.25, 0.3) is 0 Å². The van der Waals surface area contributed by atoms with Crippen LogP contribution in [0.4, 0.5) is 5.82 Å². The second-order valence-corrected chi connectivity index (χ2v) is 2.39. The number of aromatic nitrogens is 2. The van der Waals surface area contributed by atoms with Gasteiger partial charge in [-0.05, 0) is 6.92 Å². The molecule has 0 bridgehead atoms. The van der Waals surface area contributed by atoms with E-state index in [1.165, 1.54) is 4.68 Å². The van der Waals surface area contributed by atoms with Gasteiger partial charge in [0, 0.05) is 6.07 Å². The van der Waals surface area contributed by atoms with Crippen LogP contribution in [0.1, 0.15) is 5.69 Å². The summed E-state index contributed by atoms with van der Waals surface area (Å²) in [5.41, 5.74) is 11.5. The van der Waals surface area contributed by atoms with E-state index in [0.717, 1.165) is 5.69 Å². The number of amidine groups is 1. The lowest BCUT2D eigenvalue weighted by atomic mass is 10.5. The fourth-order valence-electron chi connectivity index (χ4n) is 0.854. The molecule has 0 aliphatic carbocycles. The van der Waals surface area contributed by atoms with E-state index in [2.05, 4.69) is 5.10 Å². The molecule has 0 saturated heterocycles. The van der Waals surface area contributed by atoms with Crippen molar-refractivity contribution in [3.05, 3.63) is 11.8 Å². The van der Waals surface area contributed by atoms with Gasteiger partial charge in [-0.1, -0.05) is 0 Å². The summed E-state index contributed by atoms with van der Waals surface area (Å²) < 4.78 is 1.50. The highest BCUT2D eigenvalue weighted by Crippen LogP contribution is 2.03. The van der Waals surface area contributed by atoms with Gasteiger partial charge in [-0.25, -0.2) is 4.68 Å². The van der Waals surface area contributed by atoms with E-state index >= 15 is 0 Å². The summed E-state index contributed by atoms with van der Waals surface area (Å²) in [6.07, 6.45) is 0. The molecule has 1 aromatic rings. The number of aryl methyl sites for hydroxylation is 1. The molecule has 0 atom stereocenters. The maximum atomic E-state index is 7.00. The van der Waals surface area contributed by atoms with E-state index in [1.807, 2.05) is 6.92 Å². The van der Waals surface area contributed by atoms with Crippen LogP contribution in [-0.2, 0) is 6.54 Å². The summed E-state index contributed by atoms with van der Waals surface area (Å²) in [5, 5.41) is 11.0. The van der Waals surface area contributed by atoms with E-state index in [4.69, 9.17) is 16.9 Å². The molecule has 0 aliphatic heterocycles. The SMILES string of the molecule is Cc1cc(N)n(CC(=N)N)n1. The number of hydrogen-bond donors (Lipinski definition) is 3. The van der Waals surface area contributed by atoms with Gasteiger partial charge in [0.05, 0.1) is 12.2 Å². The fourth-order valence-corrected chi connectivity index (χ4v) is 0.854. The van der Waals surface area contributed by atoms with Crippen LogP contribution < -0.4 is 11.5 Å². The van der Waals surface area contributed by atoms with Gasteiger partial charge in [0.1, 0.15) is 11.7 Å². The number of hydrogen-bond acceptors (Lipinski definition) is 3. The molecule has 0 fully saturated rings. The Kier molecular flexibility index (Phi) is 1.80. The number of anilines is 1. The van der Waals surface area contributed by atoms with Gasteiger partial charge in [-0.15, -0.1) is 0 Å². The van der Waals surface area contributed by atoms with Gasteiger partial charge in [0.2, 0.25) is 0 Å². The van der Waals surface area contributed by atoms with Crippen molar-refractivity contribution in [2.45, 2.75) is 13.5 Å².